The highest BCUT2D eigenvalue weighted by Crippen LogP contribution is 2.33. The minimum absolute atomic E-state index is 0.0837. The number of likely N-dealkylation sites (tertiary alicyclic amines) is 1. The van der Waals surface area contributed by atoms with Crippen LogP contribution in [0.15, 0.2) is 78.2 Å². The molecule has 1 aromatic heterocycles. The summed E-state index contributed by atoms with van der Waals surface area (Å²) in [6, 6.07) is 24.6. The summed E-state index contributed by atoms with van der Waals surface area (Å²) >= 11 is 1.70. The number of piperidine rings is 1. The molecule has 0 radical (unpaired) electrons. The van der Waals surface area contributed by atoms with Gasteiger partial charge in [0.2, 0.25) is 0 Å². The molecule has 2 saturated heterocycles. The molecule has 4 aromatic rings. The maximum atomic E-state index is 11.8. The second-order valence-electron chi connectivity index (χ2n) is 11.0. The van der Waals surface area contributed by atoms with E-state index in [1.54, 1.807) is 11.3 Å². The van der Waals surface area contributed by atoms with Crippen LogP contribution in [0.5, 0.6) is 11.5 Å². The number of hydrogen-bond acceptors (Lipinski definition) is 7. The smallest absolute Gasteiger partial charge is 0.407 e. The fourth-order valence-electron chi connectivity index (χ4n) is 5.38. The summed E-state index contributed by atoms with van der Waals surface area (Å²) in [4.78, 5) is 14.5. The summed E-state index contributed by atoms with van der Waals surface area (Å²) < 4.78 is 29.2. The second kappa shape index (κ2) is 14.2. The Hall–Kier alpha value is -3.63. The third-order valence-corrected chi connectivity index (χ3v) is 8.69. The van der Waals surface area contributed by atoms with Gasteiger partial charge < -0.3 is 33.7 Å². The molecule has 0 aliphatic carbocycles. The first-order valence-corrected chi connectivity index (χ1v) is 15.7. The average Bonchev–Trinajstić information content (AvgIpc) is 3.72. The molecule has 3 aromatic carbocycles. The zero-order valence-corrected chi connectivity index (χ0v) is 24.9. The van der Waals surface area contributed by atoms with Crippen molar-refractivity contribution >= 4 is 28.2 Å². The van der Waals surface area contributed by atoms with Gasteiger partial charge in [-0.3, -0.25) is 0 Å². The van der Waals surface area contributed by atoms with E-state index >= 15 is 0 Å². The number of ether oxygens (including phenoxy) is 5. The zero-order valence-electron chi connectivity index (χ0n) is 24.1. The van der Waals surface area contributed by atoms with Crippen LogP contribution in [0.4, 0.5) is 4.79 Å². The molecule has 8 nitrogen and oxygen atoms in total. The maximum absolute atomic E-state index is 11.8. The van der Waals surface area contributed by atoms with Gasteiger partial charge in [0.05, 0.1) is 45.7 Å². The Morgan fingerprint density at radius 2 is 1.79 bits per heavy atom. The van der Waals surface area contributed by atoms with E-state index in [1.165, 1.54) is 9.78 Å². The van der Waals surface area contributed by atoms with Crippen molar-refractivity contribution in [2.75, 3.05) is 39.5 Å². The van der Waals surface area contributed by atoms with Crippen LogP contribution >= 0.6 is 11.3 Å². The summed E-state index contributed by atoms with van der Waals surface area (Å²) in [5.74, 6) is 1.72. The number of rotatable bonds is 14. The Morgan fingerprint density at radius 3 is 2.58 bits per heavy atom. The monoisotopic (exact) mass is 603 g/mol. The van der Waals surface area contributed by atoms with E-state index in [0.717, 1.165) is 46.4 Å². The Labute approximate surface area is 255 Å². The van der Waals surface area contributed by atoms with Crippen molar-refractivity contribution in [2.45, 2.75) is 44.2 Å². The number of fused-ring (bicyclic) bond motifs is 1. The Bertz CT molecular complexity index is 1470. The first kappa shape index (κ1) is 29.4. The molecule has 6 rings (SSSR count). The van der Waals surface area contributed by atoms with E-state index in [0.29, 0.717) is 52.5 Å². The summed E-state index contributed by atoms with van der Waals surface area (Å²) in [5, 5.41) is 13.9. The van der Waals surface area contributed by atoms with Gasteiger partial charge in [-0.2, -0.15) is 0 Å². The topological polar surface area (TPSA) is 90.0 Å². The van der Waals surface area contributed by atoms with Crippen LogP contribution in [0.25, 0.3) is 10.8 Å². The minimum Gasteiger partial charge on any atom is -0.494 e. The van der Waals surface area contributed by atoms with Gasteiger partial charge in [0.25, 0.3) is 0 Å². The SMILES string of the molecule is O=C(O)N1CC[C@@H](c2ccc(OCCCOCc3cccs3)cc2)[C@H](OCc2ccc3ccc(OCC4CO4)cc3c2)C1. The summed E-state index contributed by atoms with van der Waals surface area (Å²) in [6.45, 7) is 4.41. The molecule has 2 aliphatic heterocycles. The normalized spacial score (nSPS) is 19.8. The van der Waals surface area contributed by atoms with E-state index in [9.17, 15) is 9.90 Å². The zero-order chi connectivity index (χ0) is 29.4. The first-order chi connectivity index (χ1) is 21.1. The fraction of sp³-hybridized carbons (Fsp3) is 0.382. The van der Waals surface area contributed by atoms with Crippen molar-refractivity contribution in [2.24, 2.45) is 0 Å². The number of carboxylic acid groups (broad SMARTS) is 1. The van der Waals surface area contributed by atoms with Crippen molar-refractivity contribution in [1.29, 1.82) is 0 Å². The molecule has 2 aliphatic rings. The Morgan fingerprint density at radius 1 is 0.953 bits per heavy atom. The van der Waals surface area contributed by atoms with Gasteiger partial charge in [-0.25, -0.2) is 4.79 Å². The highest BCUT2D eigenvalue weighted by atomic mass is 32.1. The maximum Gasteiger partial charge on any atom is 0.407 e. The first-order valence-electron chi connectivity index (χ1n) is 14.8. The van der Waals surface area contributed by atoms with Crippen molar-refractivity contribution in [1.82, 2.24) is 4.90 Å². The molecular weight excluding hydrogens is 566 g/mol. The molecule has 3 atom stereocenters. The number of thiophene rings is 1. The van der Waals surface area contributed by atoms with Gasteiger partial charge in [0, 0.05) is 23.8 Å². The third-order valence-electron chi connectivity index (χ3n) is 7.84. The lowest BCUT2D eigenvalue weighted by molar-refractivity contribution is -0.0199. The third kappa shape index (κ3) is 8.26. The number of hydrogen-bond donors (Lipinski definition) is 1. The van der Waals surface area contributed by atoms with Crippen LogP contribution in [0.1, 0.15) is 34.8 Å². The molecule has 0 bridgehead atoms. The molecule has 1 unspecified atom stereocenters. The molecule has 43 heavy (non-hydrogen) atoms. The van der Waals surface area contributed by atoms with E-state index < -0.39 is 6.09 Å². The van der Waals surface area contributed by atoms with Gasteiger partial charge >= 0.3 is 6.09 Å². The molecular formula is C34H37NO7S. The minimum atomic E-state index is -0.912. The molecule has 0 saturated carbocycles. The summed E-state index contributed by atoms with van der Waals surface area (Å²) in [6.07, 6.45) is 0.544. The van der Waals surface area contributed by atoms with Gasteiger partial charge in [0.15, 0.2) is 0 Å². The molecule has 1 N–H and O–H groups in total. The summed E-state index contributed by atoms with van der Waals surface area (Å²) in [5.41, 5.74) is 2.16. The predicted octanol–water partition coefficient (Wildman–Crippen LogP) is 6.72. The van der Waals surface area contributed by atoms with Crippen molar-refractivity contribution < 1.29 is 33.6 Å². The molecule has 2 fully saturated rings. The van der Waals surface area contributed by atoms with Crippen molar-refractivity contribution in [3.63, 3.8) is 0 Å². The lowest BCUT2D eigenvalue weighted by Crippen LogP contribution is -2.46. The largest absolute Gasteiger partial charge is 0.494 e. The highest BCUT2D eigenvalue weighted by Gasteiger charge is 2.33. The molecule has 1 amide bonds. The van der Waals surface area contributed by atoms with Gasteiger partial charge in [0.1, 0.15) is 24.2 Å². The van der Waals surface area contributed by atoms with E-state index in [4.69, 9.17) is 23.7 Å². The predicted molar refractivity (Wildman–Crippen MR) is 165 cm³/mol. The standard InChI is InChI=1S/C34H37NO7S/c36-34(37)35-13-12-32(26-7-9-28(10-8-26)39-15-2-14-38-23-31-3-1-16-43-31)33(19-35)42-20-24-4-5-25-6-11-29(18-27(25)17-24)40-21-30-22-41-30/h1,3-11,16-18,30,32-33H,2,12-15,19-23H2,(H,36,37)/t30?,32-,33+/m0/s1. The summed E-state index contributed by atoms with van der Waals surface area (Å²) in [7, 11) is 0. The lowest BCUT2D eigenvalue weighted by atomic mass is 9.87. The molecule has 0 spiro atoms. The average molecular weight is 604 g/mol. The van der Waals surface area contributed by atoms with Crippen molar-refractivity contribution in [3.8, 4) is 11.5 Å². The molecule has 3 heterocycles. The van der Waals surface area contributed by atoms with E-state index in [1.807, 2.05) is 30.3 Å². The van der Waals surface area contributed by atoms with Crippen LogP contribution in [0.3, 0.4) is 0 Å². The number of carbonyl (C=O) groups is 1. The van der Waals surface area contributed by atoms with Crippen LogP contribution in [0, 0.1) is 0 Å². The van der Waals surface area contributed by atoms with Crippen LogP contribution in [-0.4, -0.2) is 67.8 Å². The number of epoxide rings is 1. The van der Waals surface area contributed by atoms with Gasteiger partial charge in [-0.15, -0.1) is 11.3 Å². The quantitative estimate of drug-likeness (QED) is 0.126. The Kier molecular flexibility index (Phi) is 9.74. The van der Waals surface area contributed by atoms with E-state index in [-0.39, 0.29) is 18.1 Å². The number of benzene rings is 3. The van der Waals surface area contributed by atoms with Crippen LogP contribution in [0.2, 0.25) is 0 Å². The fourth-order valence-corrected chi connectivity index (χ4v) is 6.02. The second-order valence-corrected chi connectivity index (χ2v) is 12.0. The number of nitrogens with zero attached hydrogens (tertiary/aromatic N) is 1. The van der Waals surface area contributed by atoms with E-state index in [2.05, 4.69) is 47.8 Å². The lowest BCUT2D eigenvalue weighted by Gasteiger charge is -2.37. The van der Waals surface area contributed by atoms with Gasteiger partial charge in [-0.1, -0.05) is 36.4 Å². The van der Waals surface area contributed by atoms with Crippen LogP contribution < -0.4 is 9.47 Å². The Balaban J connectivity index is 1.04. The highest BCUT2D eigenvalue weighted by molar-refractivity contribution is 7.09. The van der Waals surface area contributed by atoms with Gasteiger partial charge in [-0.05, 0) is 70.1 Å². The molecule has 9 heteroatoms. The van der Waals surface area contributed by atoms with Crippen molar-refractivity contribution in [3.05, 3.63) is 94.2 Å². The number of amides is 1. The molecule has 226 valence electrons. The van der Waals surface area contributed by atoms with Crippen LogP contribution in [-0.2, 0) is 27.4 Å².